The summed E-state index contributed by atoms with van der Waals surface area (Å²) in [6.45, 7) is 4.88. The lowest BCUT2D eigenvalue weighted by molar-refractivity contribution is -0.122. The van der Waals surface area contributed by atoms with E-state index in [2.05, 4.69) is 28.9 Å². The first-order valence-electron chi connectivity index (χ1n) is 9.84. The number of para-hydroxylation sites is 1. The van der Waals surface area contributed by atoms with Crippen LogP contribution in [0.15, 0.2) is 66.7 Å². The average molecular weight is 390 g/mol. The van der Waals surface area contributed by atoms with E-state index < -0.39 is 6.10 Å². The first-order valence-corrected chi connectivity index (χ1v) is 9.84. The van der Waals surface area contributed by atoms with Gasteiger partial charge in [-0.15, -0.1) is 0 Å². The average Bonchev–Trinajstić information content (AvgIpc) is 3.06. The van der Waals surface area contributed by atoms with Crippen molar-refractivity contribution in [3.05, 3.63) is 72.5 Å². The summed E-state index contributed by atoms with van der Waals surface area (Å²) in [5, 5.41) is 5.23. The summed E-state index contributed by atoms with van der Waals surface area (Å²) < 4.78 is 21.1. The summed E-state index contributed by atoms with van der Waals surface area (Å²) in [6, 6.07) is 19.9. The molecule has 1 N–H and O–H groups in total. The Hall–Kier alpha value is -3.34. The van der Waals surface area contributed by atoms with Crippen molar-refractivity contribution in [1.29, 1.82) is 0 Å². The third-order valence-electron chi connectivity index (χ3n) is 5.11. The van der Waals surface area contributed by atoms with Crippen LogP contribution in [0, 0.1) is 5.82 Å². The molecule has 0 spiro atoms. The van der Waals surface area contributed by atoms with Crippen LogP contribution < -0.4 is 10.1 Å². The summed E-state index contributed by atoms with van der Waals surface area (Å²) in [7, 11) is 0. The predicted molar refractivity (Wildman–Crippen MR) is 115 cm³/mol. The number of fused-ring (bicyclic) bond motifs is 3. The van der Waals surface area contributed by atoms with Crippen molar-refractivity contribution in [3.8, 4) is 5.75 Å². The van der Waals surface area contributed by atoms with Gasteiger partial charge in [0.2, 0.25) is 0 Å². The third-order valence-corrected chi connectivity index (χ3v) is 5.11. The summed E-state index contributed by atoms with van der Waals surface area (Å²) in [5.41, 5.74) is 3.04. The lowest BCUT2D eigenvalue weighted by Crippen LogP contribution is -2.32. The van der Waals surface area contributed by atoms with E-state index in [0.29, 0.717) is 12.2 Å². The Morgan fingerprint density at radius 1 is 1.00 bits per heavy atom. The van der Waals surface area contributed by atoms with E-state index >= 15 is 0 Å². The van der Waals surface area contributed by atoms with Crippen LogP contribution in [0.5, 0.6) is 5.75 Å². The molecule has 0 radical (unpaired) electrons. The number of rotatable bonds is 6. The third kappa shape index (κ3) is 3.68. The maximum Gasteiger partial charge on any atom is 0.265 e. The largest absolute Gasteiger partial charge is 0.481 e. The van der Waals surface area contributed by atoms with E-state index in [0.717, 1.165) is 28.5 Å². The fourth-order valence-electron chi connectivity index (χ4n) is 3.69. The van der Waals surface area contributed by atoms with Crippen molar-refractivity contribution in [2.24, 2.45) is 0 Å². The van der Waals surface area contributed by atoms with Gasteiger partial charge in [0.1, 0.15) is 11.6 Å². The van der Waals surface area contributed by atoms with E-state index in [1.165, 1.54) is 29.8 Å². The van der Waals surface area contributed by atoms with Crippen LogP contribution in [0.3, 0.4) is 0 Å². The molecule has 0 aliphatic heterocycles. The van der Waals surface area contributed by atoms with Gasteiger partial charge in [-0.2, -0.15) is 0 Å². The maximum absolute atomic E-state index is 13.1. The summed E-state index contributed by atoms with van der Waals surface area (Å²) >= 11 is 0. The summed E-state index contributed by atoms with van der Waals surface area (Å²) in [5.74, 6) is -0.0975. The number of anilines is 1. The second-order valence-corrected chi connectivity index (χ2v) is 6.95. The number of ether oxygens (including phenoxy) is 1. The first kappa shape index (κ1) is 19.0. The van der Waals surface area contributed by atoms with Gasteiger partial charge in [-0.1, -0.05) is 25.1 Å². The second-order valence-electron chi connectivity index (χ2n) is 6.95. The van der Waals surface area contributed by atoms with Crippen molar-refractivity contribution < 1.29 is 13.9 Å². The van der Waals surface area contributed by atoms with Crippen LogP contribution in [0.1, 0.15) is 20.3 Å². The molecule has 3 aromatic carbocycles. The molecule has 0 aliphatic rings. The zero-order chi connectivity index (χ0) is 20.4. The van der Waals surface area contributed by atoms with E-state index in [4.69, 9.17) is 4.74 Å². The molecule has 0 aliphatic carbocycles. The quantitative estimate of drug-likeness (QED) is 0.456. The molecule has 0 bridgehead atoms. The molecule has 1 aromatic heterocycles. The Balaban J connectivity index is 1.60. The fourth-order valence-corrected chi connectivity index (χ4v) is 3.69. The fraction of sp³-hybridized carbons (Fsp3) is 0.208. The number of hydrogen-bond donors (Lipinski definition) is 1. The molecule has 1 amide bonds. The van der Waals surface area contributed by atoms with Gasteiger partial charge in [0.25, 0.3) is 5.91 Å². The molecule has 29 heavy (non-hydrogen) atoms. The molecule has 1 heterocycles. The van der Waals surface area contributed by atoms with Crippen molar-refractivity contribution in [2.45, 2.75) is 32.9 Å². The van der Waals surface area contributed by atoms with Crippen molar-refractivity contribution in [1.82, 2.24) is 4.57 Å². The molecule has 4 nitrogen and oxygen atoms in total. The number of aryl methyl sites for hydroxylation is 1. The number of hydrogen-bond acceptors (Lipinski definition) is 2. The molecule has 0 saturated heterocycles. The van der Waals surface area contributed by atoms with Gasteiger partial charge in [0, 0.05) is 34.0 Å². The van der Waals surface area contributed by atoms with Gasteiger partial charge in [0.05, 0.1) is 0 Å². The first-order chi connectivity index (χ1) is 14.1. The highest BCUT2D eigenvalue weighted by Crippen LogP contribution is 2.31. The number of carbonyl (C=O) groups is 1. The zero-order valence-corrected chi connectivity index (χ0v) is 16.5. The monoisotopic (exact) mass is 390 g/mol. The highest BCUT2D eigenvalue weighted by Gasteiger charge is 2.19. The van der Waals surface area contributed by atoms with Crippen LogP contribution in [0.4, 0.5) is 10.1 Å². The van der Waals surface area contributed by atoms with Crippen LogP contribution in [-0.2, 0) is 11.3 Å². The topological polar surface area (TPSA) is 43.3 Å². The van der Waals surface area contributed by atoms with Gasteiger partial charge in [-0.3, -0.25) is 4.79 Å². The van der Waals surface area contributed by atoms with Gasteiger partial charge in [0.15, 0.2) is 6.10 Å². The van der Waals surface area contributed by atoms with E-state index in [1.807, 2.05) is 37.3 Å². The van der Waals surface area contributed by atoms with Gasteiger partial charge in [-0.05, 0) is 61.9 Å². The van der Waals surface area contributed by atoms with Crippen molar-refractivity contribution >= 4 is 33.4 Å². The van der Waals surface area contributed by atoms with Crippen LogP contribution in [-0.4, -0.2) is 16.6 Å². The van der Waals surface area contributed by atoms with Crippen LogP contribution >= 0.6 is 0 Å². The number of aromatic nitrogens is 1. The number of halogens is 1. The highest BCUT2D eigenvalue weighted by molar-refractivity contribution is 6.10. The summed E-state index contributed by atoms with van der Waals surface area (Å²) in [6.07, 6.45) is -0.159. The Kier molecular flexibility index (Phi) is 5.21. The summed E-state index contributed by atoms with van der Waals surface area (Å²) in [4.78, 5) is 12.8. The molecule has 1 atom stereocenters. The number of nitrogens with one attached hydrogen (secondary N) is 1. The molecular weight excluding hydrogens is 367 g/mol. The van der Waals surface area contributed by atoms with Gasteiger partial charge in [-0.25, -0.2) is 4.39 Å². The maximum atomic E-state index is 13.1. The minimum Gasteiger partial charge on any atom is -0.481 e. The molecule has 4 aromatic rings. The highest BCUT2D eigenvalue weighted by atomic mass is 19.1. The predicted octanol–water partition coefficient (Wildman–Crippen LogP) is 5.75. The minimum absolute atomic E-state index is 0.226. The molecular formula is C24H23FN2O2. The molecule has 148 valence electrons. The Morgan fingerprint density at radius 2 is 1.72 bits per heavy atom. The lowest BCUT2D eigenvalue weighted by atomic mass is 10.1. The smallest absolute Gasteiger partial charge is 0.265 e. The van der Waals surface area contributed by atoms with Crippen molar-refractivity contribution in [3.63, 3.8) is 0 Å². The van der Waals surface area contributed by atoms with E-state index in [9.17, 15) is 9.18 Å². The SMILES string of the molecule is CC[C@@H](Oc1ccc(F)cc1)C(=O)Nc1ccc2c(c1)c1ccccc1n2CC. The van der Waals surface area contributed by atoms with Gasteiger partial charge >= 0.3 is 0 Å². The number of nitrogens with zero attached hydrogens (tertiary/aromatic N) is 1. The zero-order valence-electron chi connectivity index (χ0n) is 16.5. The van der Waals surface area contributed by atoms with Crippen LogP contribution in [0.2, 0.25) is 0 Å². The number of carbonyl (C=O) groups excluding carboxylic acids is 1. The number of amides is 1. The van der Waals surface area contributed by atoms with Gasteiger partial charge < -0.3 is 14.6 Å². The van der Waals surface area contributed by atoms with E-state index in [1.54, 1.807) is 0 Å². The normalized spacial score (nSPS) is 12.2. The Morgan fingerprint density at radius 3 is 2.45 bits per heavy atom. The second kappa shape index (κ2) is 7.95. The molecule has 5 heteroatoms. The lowest BCUT2D eigenvalue weighted by Gasteiger charge is -2.17. The standard InChI is InChI=1S/C24H23FN2O2/c1-3-23(29-18-12-9-16(25)10-13-18)24(28)26-17-11-14-22-20(15-17)19-7-5-6-8-21(19)27(22)4-2/h5-15,23H,3-4H2,1-2H3,(H,26,28)/t23-/m1/s1. The molecule has 0 fully saturated rings. The molecule has 0 unspecified atom stereocenters. The molecule has 4 rings (SSSR count). The Labute approximate surface area is 168 Å². The minimum atomic E-state index is -0.659. The molecule has 0 saturated carbocycles. The Bertz CT molecular complexity index is 1160. The number of benzene rings is 3. The van der Waals surface area contributed by atoms with E-state index in [-0.39, 0.29) is 11.7 Å². The van der Waals surface area contributed by atoms with Crippen LogP contribution in [0.25, 0.3) is 21.8 Å². The van der Waals surface area contributed by atoms with Crippen molar-refractivity contribution in [2.75, 3.05) is 5.32 Å².